The first kappa shape index (κ1) is 18.7. The van der Waals surface area contributed by atoms with Crippen LogP contribution >= 0.6 is 11.6 Å². The number of hydrazine groups is 1. The van der Waals surface area contributed by atoms with Gasteiger partial charge in [-0.05, 0) is 31.4 Å². The number of benzene rings is 1. The topological polar surface area (TPSA) is 81.9 Å². The van der Waals surface area contributed by atoms with Crippen LogP contribution < -0.4 is 10.4 Å². The molecule has 0 aliphatic heterocycles. The van der Waals surface area contributed by atoms with Crippen molar-refractivity contribution in [2.75, 3.05) is 11.6 Å². The number of aromatic nitrogens is 2. The van der Waals surface area contributed by atoms with Crippen LogP contribution in [0.15, 0.2) is 30.5 Å². The maximum atomic E-state index is 12.5. The zero-order valence-corrected chi connectivity index (χ0v) is 15.2. The van der Waals surface area contributed by atoms with Crippen molar-refractivity contribution >= 4 is 23.3 Å². The number of carbonyl (C=O) groups excluding carboxylic acids is 1. The van der Waals surface area contributed by atoms with Gasteiger partial charge in [-0.15, -0.1) is 0 Å². The first-order valence-electron chi connectivity index (χ1n) is 7.98. The molecule has 0 bridgehead atoms. The van der Waals surface area contributed by atoms with Gasteiger partial charge in [-0.25, -0.2) is 4.98 Å². The van der Waals surface area contributed by atoms with E-state index in [1.54, 1.807) is 17.1 Å². The molecule has 0 saturated carbocycles. The Kier molecular flexibility index (Phi) is 6.31. The number of hydrogen-bond acceptors (Lipinski definition) is 5. The molecule has 7 heteroatoms. The van der Waals surface area contributed by atoms with Crippen molar-refractivity contribution in [2.45, 2.75) is 27.2 Å². The monoisotopic (exact) mass is 357 g/mol. The lowest BCUT2D eigenvalue weighted by molar-refractivity contribution is 0.0948. The second kappa shape index (κ2) is 8.45. The lowest BCUT2D eigenvalue weighted by Crippen LogP contribution is -2.44. The van der Waals surface area contributed by atoms with E-state index in [0.717, 1.165) is 12.0 Å². The second-order valence-electron chi connectivity index (χ2n) is 6.12. The molecule has 0 atom stereocenters. The molecule has 0 aliphatic carbocycles. The number of aryl methyl sites for hydroxylation is 1. The maximum absolute atomic E-state index is 12.5. The molecule has 2 rings (SSSR count). The summed E-state index contributed by atoms with van der Waals surface area (Å²) in [7, 11) is 0. The average Bonchev–Trinajstić information content (AvgIpc) is 2.59. The van der Waals surface area contributed by atoms with Crippen molar-refractivity contribution in [3.05, 3.63) is 52.4 Å². The highest BCUT2D eigenvalue weighted by molar-refractivity contribution is 6.32. The van der Waals surface area contributed by atoms with Gasteiger partial charge < -0.3 is 0 Å². The number of hydrogen-bond donors (Lipinski definition) is 1. The van der Waals surface area contributed by atoms with Crippen LogP contribution in [0, 0.1) is 24.2 Å². The number of nitrogens with one attached hydrogen (secondary N) is 1. The van der Waals surface area contributed by atoms with Gasteiger partial charge in [-0.3, -0.25) is 15.2 Å². The zero-order valence-electron chi connectivity index (χ0n) is 14.5. The minimum Gasteiger partial charge on any atom is -0.267 e. The van der Waals surface area contributed by atoms with Crippen molar-refractivity contribution in [1.29, 1.82) is 5.26 Å². The van der Waals surface area contributed by atoms with Crippen LogP contribution in [-0.2, 0) is 0 Å². The molecule has 0 fully saturated rings. The van der Waals surface area contributed by atoms with Crippen LogP contribution in [-0.4, -0.2) is 22.4 Å². The standard InChI is InChI=1S/C18H20ClN5O/c1-12(2)8-9-24(17-15(19)11-21-16(10-20)22-17)23-18(25)14-6-4-13(3)5-7-14/h4-7,11-12H,8-9H2,1-3H3,(H,23,25). The Morgan fingerprint density at radius 1 is 1.36 bits per heavy atom. The normalized spacial score (nSPS) is 10.4. The molecule has 25 heavy (non-hydrogen) atoms. The van der Waals surface area contributed by atoms with Crippen LogP contribution in [0.2, 0.25) is 5.02 Å². The molecule has 1 aromatic carbocycles. The Balaban J connectivity index is 2.28. The fourth-order valence-corrected chi connectivity index (χ4v) is 2.29. The zero-order chi connectivity index (χ0) is 18.4. The lowest BCUT2D eigenvalue weighted by atomic mass is 10.1. The molecule has 0 radical (unpaired) electrons. The summed E-state index contributed by atoms with van der Waals surface area (Å²) < 4.78 is 0. The molecular weight excluding hydrogens is 338 g/mol. The van der Waals surface area contributed by atoms with Gasteiger partial charge in [0.05, 0.1) is 6.20 Å². The van der Waals surface area contributed by atoms with E-state index in [9.17, 15) is 4.79 Å². The van der Waals surface area contributed by atoms with E-state index in [-0.39, 0.29) is 16.8 Å². The SMILES string of the molecule is Cc1ccc(C(=O)NN(CCC(C)C)c2nc(C#N)ncc2Cl)cc1. The Bertz CT molecular complexity index is 783. The summed E-state index contributed by atoms with van der Waals surface area (Å²) in [4.78, 5) is 20.5. The van der Waals surface area contributed by atoms with Gasteiger partial charge in [-0.2, -0.15) is 10.2 Å². The maximum Gasteiger partial charge on any atom is 0.269 e. The van der Waals surface area contributed by atoms with Crippen molar-refractivity contribution < 1.29 is 4.79 Å². The van der Waals surface area contributed by atoms with Crippen molar-refractivity contribution in [1.82, 2.24) is 15.4 Å². The highest BCUT2D eigenvalue weighted by Crippen LogP contribution is 2.22. The molecule has 1 amide bonds. The van der Waals surface area contributed by atoms with Gasteiger partial charge in [0.1, 0.15) is 11.1 Å². The number of nitrogens with zero attached hydrogens (tertiary/aromatic N) is 4. The van der Waals surface area contributed by atoms with Gasteiger partial charge >= 0.3 is 0 Å². The lowest BCUT2D eigenvalue weighted by Gasteiger charge is -2.25. The predicted octanol–water partition coefficient (Wildman–Crippen LogP) is 3.51. The summed E-state index contributed by atoms with van der Waals surface area (Å²) in [5, 5.41) is 10.9. The molecule has 0 aliphatic rings. The average molecular weight is 358 g/mol. The molecule has 6 nitrogen and oxygen atoms in total. The van der Waals surface area contributed by atoms with Crippen LogP contribution in [0.25, 0.3) is 0 Å². The van der Waals surface area contributed by atoms with Crippen molar-refractivity contribution in [2.24, 2.45) is 5.92 Å². The van der Waals surface area contributed by atoms with Gasteiger partial charge in [0.25, 0.3) is 5.91 Å². The number of halogens is 1. The van der Waals surface area contributed by atoms with Crippen LogP contribution in [0.1, 0.15) is 42.0 Å². The molecule has 130 valence electrons. The summed E-state index contributed by atoms with van der Waals surface area (Å²) in [5.74, 6) is 0.472. The van der Waals surface area contributed by atoms with E-state index in [1.165, 1.54) is 6.20 Å². The molecule has 0 saturated heterocycles. The quantitative estimate of drug-likeness (QED) is 0.800. The number of amides is 1. The Morgan fingerprint density at radius 3 is 2.64 bits per heavy atom. The largest absolute Gasteiger partial charge is 0.269 e. The Hall–Kier alpha value is -2.65. The van der Waals surface area contributed by atoms with Gasteiger partial charge in [0.2, 0.25) is 5.82 Å². The highest BCUT2D eigenvalue weighted by atomic mass is 35.5. The molecule has 1 heterocycles. The van der Waals surface area contributed by atoms with E-state index in [1.807, 2.05) is 25.1 Å². The summed E-state index contributed by atoms with van der Waals surface area (Å²) in [6.45, 7) is 6.64. The summed E-state index contributed by atoms with van der Waals surface area (Å²) in [6.07, 6.45) is 2.18. The molecule has 2 aromatic rings. The van der Waals surface area contributed by atoms with Gasteiger partial charge in [0.15, 0.2) is 5.82 Å². The minimum atomic E-state index is -0.267. The summed E-state index contributed by atoms with van der Waals surface area (Å²) in [5.41, 5.74) is 4.43. The number of carbonyl (C=O) groups is 1. The number of rotatable bonds is 6. The first-order valence-corrected chi connectivity index (χ1v) is 8.36. The molecule has 1 N–H and O–H groups in total. The van der Waals surface area contributed by atoms with E-state index in [4.69, 9.17) is 16.9 Å². The third-order valence-corrected chi connectivity index (χ3v) is 3.83. The minimum absolute atomic E-state index is 0.00136. The summed E-state index contributed by atoms with van der Waals surface area (Å²) in [6, 6.07) is 9.15. The van der Waals surface area contributed by atoms with Gasteiger partial charge in [0, 0.05) is 12.1 Å². The first-order chi connectivity index (χ1) is 11.9. The highest BCUT2D eigenvalue weighted by Gasteiger charge is 2.18. The molecule has 0 spiro atoms. The van der Waals surface area contributed by atoms with Crippen LogP contribution in [0.5, 0.6) is 0 Å². The number of anilines is 1. The van der Waals surface area contributed by atoms with Crippen LogP contribution in [0.4, 0.5) is 5.82 Å². The molecular formula is C18H20ClN5O. The van der Waals surface area contributed by atoms with Crippen LogP contribution in [0.3, 0.4) is 0 Å². The van der Waals surface area contributed by atoms with E-state index < -0.39 is 0 Å². The van der Waals surface area contributed by atoms with Crippen molar-refractivity contribution in [3.63, 3.8) is 0 Å². The summed E-state index contributed by atoms with van der Waals surface area (Å²) >= 11 is 6.19. The molecule has 1 aromatic heterocycles. The third-order valence-electron chi connectivity index (χ3n) is 3.56. The smallest absolute Gasteiger partial charge is 0.267 e. The fourth-order valence-electron chi connectivity index (χ4n) is 2.10. The fraction of sp³-hybridized carbons (Fsp3) is 0.333. The van der Waals surface area contributed by atoms with E-state index in [2.05, 4.69) is 29.2 Å². The van der Waals surface area contributed by atoms with E-state index >= 15 is 0 Å². The Labute approximate surface area is 152 Å². The second-order valence-corrected chi connectivity index (χ2v) is 6.53. The van der Waals surface area contributed by atoms with Crippen molar-refractivity contribution in [3.8, 4) is 6.07 Å². The van der Waals surface area contributed by atoms with E-state index in [0.29, 0.717) is 23.8 Å². The third kappa shape index (κ3) is 5.16. The number of nitriles is 1. The van der Waals surface area contributed by atoms with Gasteiger partial charge in [-0.1, -0.05) is 43.1 Å². The Morgan fingerprint density at radius 2 is 2.04 bits per heavy atom. The predicted molar refractivity (Wildman–Crippen MR) is 97.2 cm³/mol. The molecule has 0 unspecified atom stereocenters.